The maximum absolute atomic E-state index is 13.0. The summed E-state index contributed by atoms with van der Waals surface area (Å²) in [4.78, 5) is 26.4. The molecule has 1 aliphatic rings. The number of hydrogen-bond acceptors (Lipinski definition) is 8. The molecular formula is C25H32N8O. The summed E-state index contributed by atoms with van der Waals surface area (Å²) in [6, 6.07) is 11.8. The van der Waals surface area contributed by atoms with Crippen LogP contribution in [0.5, 0.6) is 0 Å². The molecule has 178 valence electrons. The highest BCUT2D eigenvalue weighted by Crippen LogP contribution is 2.23. The second kappa shape index (κ2) is 10.1. The number of carbonyl (C=O) groups is 1. The Labute approximate surface area is 200 Å². The van der Waals surface area contributed by atoms with Crippen molar-refractivity contribution in [1.29, 1.82) is 0 Å². The third-order valence-corrected chi connectivity index (χ3v) is 6.17. The molecule has 1 aliphatic heterocycles. The SMILES string of the molecule is CN(N)/C=C(\N)c1ccc2cnc(NC(=O)c3ccnc(N4CCC(N(C)C)CC4)c3)cc2c1. The first kappa shape index (κ1) is 23.5. The van der Waals surface area contributed by atoms with Gasteiger partial charge >= 0.3 is 0 Å². The molecule has 4 rings (SSSR count). The van der Waals surface area contributed by atoms with Crippen LogP contribution in [0.2, 0.25) is 0 Å². The molecular weight excluding hydrogens is 428 g/mol. The number of hydrazine groups is 1. The topological polar surface area (TPSA) is 117 Å². The molecule has 34 heavy (non-hydrogen) atoms. The molecule has 0 saturated carbocycles. The number of pyridine rings is 2. The van der Waals surface area contributed by atoms with Gasteiger partial charge in [-0.15, -0.1) is 0 Å². The number of carbonyl (C=O) groups excluding carboxylic acids is 1. The number of anilines is 2. The molecule has 1 fully saturated rings. The van der Waals surface area contributed by atoms with E-state index >= 15 is 0 Å². The monoisotopic (exact) mass is 460 g/mol. The van der Waals surface area contributed by atoms with Gasteiger partial charge in [0.15, 0.2) is 0 Å². The molecule has 9 heteroatoms. The van der Waals surface area contributed by atoms with Gasteiger partial charge in [0.1, 0.15) is 11.6 Å². The van der Waals surface area contributed by atoms with Gasteiger partial charge in [0.2, 0.25) is 0 Å². The third kappa shape index (κ3) is 5.44. The Morgan fingerprint density at radius 3 is 2.53 bits per heavy atom. The minimum atomic E-state index is -0.223. The Morgan fingerprint density at radius 1 is 1.06 bits per heavy atom. The zero-order chi connectivity index (χ0) is 24.2. The van der Waals surface area contributed by atoms with Crippen LogP contribution in [0.15, 0.2) is 55.0 Å². The van der Waals surface area contributed by atoms with Gasteiger partial charge in [-0.2, -0.15) is 0 Å². The molecule has 0 spiro atoms. The Bertz CT molecular complexity index is 1200. The highest BCUT2D eigenvalue weighted by atomic mass is 16.1. The lowest BCUT2D eigenvalue weighted by molar-refractivity contribution is 0.102. The van der Waals surface area contributed by atoms with Crippen molar-refractivity contribution < 1.29 is 4.79 Å². The van der Waals surface area contributed by atoms with Crippen LogP contribution in [0.25, 0.3) is 16.5 Å². The number of nitrogens with zero attached hydrogens (tertiary/aromatic N) is 5. The van der Waals surface area contributed by atoms with Crippen molar-refractivity contribution in [3.8, 4) is 0 Å². The van der Waals surface area contributed by atoms with Crippen molar-refractivity contribution in [2.75, 3.05) is 44.4 Å². The van der Waals surface area contributed by atoms with E-state index in [-0.39, 0.29) is 5.91 Å². The quantitative estimate of drug-likeness (QED) is 0.379. The second-order valence-electron chi connectivity index (χ2n) is 8.92. The minimum Gasteiger partial charge on any atom is -0.397 e. The van der Waals surface area contributed by atoms with Gasteiger partial charge < -0.3 is 25.9 Å². The first-order valence-corrected chi connectivity index (χ1v) is 11.3. The van der Waals surface area contributed by atoms with Gasteiger partial charge in [0.05, 0.1) is 5.70 Å². The van der Waals surface area contributed by atoms with Gasteiger partial charge in [-0.25, -0.2) is 15.8 Å². The Balaban J connectivity index is 1.49. The molecule has 0 bridgehead atoms. The van der Waals surface area contributed by atoms with Crippen LogP contribution in [0, 0.1) is 0 Å². The number of aromatic nitrogens is 2. The fraction of sp³-hybridized carbons (Fsp3) is 0.320. The highest BCUT2D eigenvalue weighted by Gasteiger charge is 2.22. The van der Waals surface area contributed by atoms with Gasteiger partial charge in [0.25, 0.3) is 5.91 Å². The smallest absolute Gasteiger partial charge is 0.257 e. The number of hydrogen-bond donors (Lipinski definition) is 3. The Kier molecular flexibility index (Phi) is 6.95. The van der Waals surface area contributed by atoms with Crippen LogP contribution in [0.3, 0.4) is 0 Å². The summed E-state index contributed by atoms with van der Waals surface area (Å²) < 4.78 is 0. The first-order chi connectivity index (χ1) is 16.3. The zero-order valence-corrected chi connectivity index (χ0v) is 19.9. The maximum atomic E-state index is 13.0. The van der Waals surface area contributed by atoms with Crippen molar-refractivity contribution in [3.63, 3.8) is 0 Å². The number of amides is 1. The molecule has 1 amide bonds. The normalized spacial score (nSPS) is 15.1. The van der Waals surface area contributed by atoms with E-state index in [1.807, 2.05) is 30.3 Å². The molecule has 3 heterocycles. The molecule has 0 atom stereocenters. The summed E-state index contributed by atoms with van der Waals surface area (Å²) in [5, 5.41) is 6.18. The predicted molar refractivity (Wildman–Crippen MR) is 137 cm³/mol. The van der Waals surface area contributed by atoms with Crippen LogP contribution >= 0.6 is 0 Å². The molecule has 3 aromatic rings. The summed E-state index contributed by atoms with van der Waals surface area (Å²) in [5.41, 5.74) is 8.06. The van der Waals surface area contributed by atoms with Crippen molar-refractivity contribution >= 4 is 34.0 Å². The van der Waals surface area contributed by atoms with Gasteiger partial charge in [-0.05, 0) is 62.2 Å². The Morgan fingerprint density at radius 2 is 1.82 bits per heavy atom. The van der Waals surface area contributed by atoms with Crippen molar-refractivity contribution in [3.05, 3.63) is 66.1 Å². The second-order valence-corrected chi connectivity index (χ2v) is 8.92. The lowest BCUT2D eigenvalue weighted by Gasteiger charge is -2.35. The molecule has 1 saturated heterocycles. The summed E-state index contributed by atoms with van der Waals surface area (Å²) in [7, 11) is 5.95. The standard InChI is InChI=1S/C25H32N8O/c1-31(2)21-7-10-33(11-8-21)24-14-18(6-9-28-24)25(34)30-23-13-20-12-17(22(26)16-32(3)27)4-5-19(20)15-29-23/h4-6,9,12-16,21H,7-8,10-11,26-27H2,1-3H3,(H,29,30,34)/b22-16-. The highest BCUT2D eigenvalue weighted by molar-refractivity contribution is 6.05. The van der Waals surface area contributed by atoms with Crippen molar-refractivity contribution in [2.24, 2.45) is 11.6 Å². The Hall–Kier alpha value is -3.69. The molecule has 1 aromatic carbocycles. The van der Waals surface area contributed by atoms with E-state index in [0.717, 1.165) is 48.1 Å². The van der Waals surface area contributed by atoms with Crippen LogP contribution in [-0.2, 0) is 0 Å². The molecule has 2 aromatic heterocycles. The number of nitrogens with one attached hydrogen (secondary N) is 1. The average molecular weight is 461 g/mol. The van der Waals surface area contributed by atoms with Crippen molar-refractivity contribution in [2.45, 2.75) is 18.9 Å². The van der Waals surface area contributed by atoms with E-state index in [0.29, 0.717) is 23.1 Å². The number of benzene rings is 1. The minimum absolute atomic E-state index is 0.223. The fourth-order valence-electron chi connectivity index (χ4n) is 4.22. The van der Waals surface area contributed by atoms with Crippen molar-refractivity contribution in [1.82, 2.24) is 19.9 Å². The first-order valence-electron chi connectivity index (χ1n) is 11.3. The van der Waals surface area contributed by atoms with E-state index in [2.05, 4.69) is 39.2 Å². The van der Waals surface area contributed by atoms with E-state index in [1.54, 1.807) is 31.7 Å². The number of nitrogens with two attached hydrogens (primary N) is 2. The summed E-state index contributed by atoms with van der Waals surface area (Å²) in [6.45, 7) is 1.85. The molecule has 5 N–H and O–H groups in total. The average Bonchev–Trinajstić information content (AvgIpc) is 2.83. The molecule has 0 radical (unpaired) electrons. The lowest BCUT2D eigenvalue weighted by Crippen LogP contribution is -2.42. The van der Waals surface area contributed by atoms with Crippen LogP contribution < -0.4 is 21.8 Å². The number of piperidine rings is 1. The van der Waals surface area contributed by atoms with Crippen LogP contribution in [0.1, 0.15) is 28.8 Å². The largest absolute Gasteiger partial charge is 0.397 e. The molecule has 9 nitrogen and oxygen atoms in total. The summed E-state index contributed by atoms with van der Waals surface area (Å²) in [6.07, 6.45) is 7.22. The summed E-state index contributed by atoms with van der Waals surface area (Å²) >= 11 is 0. The van der Waals surface area contributed by atoms with E-state index in [4.69, 9.17) is 11.6 Å². The zero-order valence-electron chi connectivity index (χ0n) is 19.9. The van der Waals surface area contributed by atoms with Crippen LogP contribution in [0.4, 0.5) is 11.6 Å². The van der Waals surface area contributed by atoms with Gasteiger partial charge in [-0.3, -0.25) is 4.79 Å². The third-order valence-electron chi connectivity index (χ3n) is 6.17. The summed E-state index contributed by atoms with van der Waals surface area (Å²) in [5.74, 6) is 6.74. The van der Waals surface area contributed by atoms with Crippen LogP contribution in [-0.4, -0.2) is 66.1 Å². The maximum Gasteiger partial charge on any atom is 0.257 e. The predicted octanol–water partition coefficient (Wildman–Crippen LogP) is 2.48. The fourth-order valence-corrected chi connectivity index (χ4v) is 4.22. The number of rotatable bonds is 6. The van der Waals surface area contributed by atoms with E-state index in [1.165, 1.54) is 5.01 Å². The lowest BCUT2D eigenvalue weighted by atomic mass is 10.0. The van der Waals surface area contributed by atoms with E-state index < -0.39 is 0 Å². The molecule has 0 unspecified atom stereocenters. The van der Waals surface area contributed by atoms with Gasteiger partial charge in [0, 0.05) is 55.7 Å². The molecule has 0 aliphatic carbocycles. The number of fused-ring (bicyclic) bond motifs is 1. The van der Waals surface area contributed by atoms with E-state index in [9.17, 15) is 4.79 Å². The van der Waals surface area contributed by atoms with Gasteiger partial charge in [-0.1, -0.05) is 12.1 Å².